The first-order valence-corrected chi connectivity index (χ1v) is 11.2. The molecule has 3 rings (SSSR count). The molecule has 0 amide bonds. The van der Waals surface area contributed by atoms with Gasteiger partial charge in [-0.3, -0.25) is 4.31 Å². The number of alkyl halides is 3. The van der Waals surface area contributed by atoms with Gasteiger partial charge in [-0.15, -0.1) is 0 Å². The van der Waals surface area contributed by atoms with Crippen LogP contribution in [0.5, 0.6) is 0 Å². The summed E-state index contributed by atoms with van der Waals surface area (Å²) in [6.07, 6.45) is -1.58. The molecule has 0 bridgehead atoms. The van der Waals surface area contributed by atoms with Crippen LogP contribution in [0.4, 0.5) is 36.4 Å². The van der Waals surface area contributed by atoms with Gasteiger partial charge < -0.3 is 10.6 Å². The van der Waals surface area contributed by atoms with E-state index in [1.807, 2.05) is 19.1 Å². The number of para-hydroxylation sites is 1. The predicted molar refractivity (Wildman–Crippen MR) is 116 cm³/mol. The normalized spacial score (nSPS) is 11.8. The molecule has 0 spiro atoms. The molecule has 0 saturated heterocycles. The van der Waals surface area contributed by atoms with Crippen molar-refractivity contribution < 1.29 is 21.6 Å². The first kappa shape index (κ1) is 23.3. The van der Waals surface area contributed by atoms with Gasteiger partial charge in [-0.25, -0.2) is 18.4 Å². The highest BCUT2D eigenvalue weighted by Crippen LogP contribution is 2.34. The van der Waals surface area contributed by atoms with Crippen LogP contribution in [0.15, 0.2) is 48.8 Å². The lowest BCUT2D eigenvalue weighted by Gasteiger charge is -2.20. The van der Waals surface area contributed by atoms with E-state index in [2.05, 4.69) is 25.6 Å². The van der Waals surface area contributed by atoms with Gasteiger partial charge in [-0.1, -0.05) is 24.3 Å². The monoisotopic (exact) mass is 466 g/mol. The number of nitrogens with one attached hydrogen (secondary N) is 2. The molecule has 2 heterocycles. The molecule has 0 radical (unpaired) electrons. The fourth-order valence-electron chi connectivity index (χ4n) is 2.81. The fourth-order valence-corrected chi connectivity index (χ4v) is 3.28. The Labute approximate surface area is 183 Å². The number of benzene rings is 1. The Bertz CT molecular complexity index is 1220. The van der Waals surface area contributed by atoms with Crippen LogP contribution >= 0.6 is 0 Å². The van der Waals surface area contributed by atoms with Crippen LogP contribution in [0.25, 0.3) is 0 Å². The molecule has 12 heteroatoms. The quantitative estimate of drug-likeness (QED) is 0.544. The minimum absolute atomic E-state index is 0.0190. The molecule has 8 nitrogen and oxygen atoms in total. The van der Waals surface area contributed by atoms with E-state index in [0.717, 1.165) is 16.1 Å². The van der Waals surface area contributed by atoms with Crippen LogP contribution < -0.4 is 14.9 Å². The van der Waals surface area contributed by atoms with Crippen LogP contribution in [-0.4, -0.2) is 36.7 Å². The summed E-state index contributed by atoms with van der Waals surface area (Å²) >= 11 is 0. The molecule has 3 aromatic rings. The van der Waals surface area contributed by atoms with Gasteiger partial charge in [0, 0.05) is 37.2 Å². The molecule has 0 atom stereocenters. The van der Waals surface area contributed by atoms with Crippen molar-refractivity contribution in [1.82, 2.24) is 15.0 Å². The Kier molecular flexibility index (Phi) is 6.53. The number of rotatable bonds is 7. The topological polar surface area (TPSA) is 100 Å². The average Bonchev–Trinajstić information content (AvgIpc) is 2.72. The summed E-state index contributed by atoms with van der Waals surface area (Å²) in [5.74, 6) is -0.363. The van der Waals surface area contributed by atoms with Gasteiger partial charge in [0.25, 0.3) is 0 Å². The van der Waals surface area contributed by atoms with Crippen molar-refractivity contribution in [3.63, 3.8) is 0 Å². The molecule has 0 saturated carbocycles. The second kappa shape index (κ2) is 8.99. The van der Waals surface area contributed by atoms with E-state index >= 15 is 0 Å². The van der Waals surface area contributed by atoms with E-state index in [1.54, 1.807) is 24.3 Å². The molecule has 170 valence electrons. The number of pyridine rings is 1. The number of hydrogen-bond donors (Lipinski definition) is 2. The largest absolute Gasteiger partial charge is 0.421 e. The Morgan fingerprint density at radius 2 is 1.81 bits per heavy atom. The van der Waals surface area contributed by atoms with E-state index in [-0.39, 0.29) is 18.3 Å². The summed E-state index contributed by atoms with van der Waals surface area (Å²) in [6.45, 7) is 1.70. The molecule has 32 heavy (non-hydrogen) atoms. The maximum absolute atomic E-state index is 13.5. The molecule has 0 aliphatic heterocycles. The zero-order valence-corrected chi connectivity index (χ0v) is 18.3. The third-order valence-corrected chi connectivity index (χ3v) is 5.76. The standard InChI is InChI=1S/C20H21F3N6O2S/c1-13-7-4-5-9-16(13)27-19-26-12-15(20(21,22)23)17(28-19)25-11-14-8-6-10-24-18(14)29(2)32(3,30)31/h4-10,12H,11H2,1-3H3,(H2,25,26,27,28). The Balaban J connectivity index is 1.93. The van der Waals surface area contributed by atoms with E-state index < -0.39 is 27.6 Å². The Hall–Kier alpha value is -3.41. The fraction of sp³-hybridized carbons (Fsp3) is 0.250. The molecule has 2 N–H and O–H groups in total. The summed E-state index contributed by atoms with van der Waals surface area (Å²) in [5, 5.41) is 5.56. The lowest BCUT2D eigenvalue weighted by atomic mass is 10.2. The number of sulfonamides is 1. The number of aryl methyl sites for hydroxylation is 1. The van der Waals surface area contributed by atoms with Crippen molar-refractivity contribution in [2.75, 3.05) is 28.2 Å². The van der Waals surface area contributed by atoms with Gasteiger partial charge in [0.1, 0.15) is 17.2 Å². The number of nitrogens with zero attached hydrogens (tertiary/aromatic N) is 4. The van der Waals surface area contributed by atoms with Crippen molar-refractivity contribution in [2.24, 2.45) is 0 Å². The van der Waals surface area contributed by atoms with Gasteiger partial charge in [0.2, 0.25) is 16.0 Å². The Morgan fingerprint density at radius 3 is 2.47 bits per heavy atom. The molecular formula is C20H21F3N6O2S. The number of hydrogen-bond acceptors (Lipinski definition) is 7. The van der Waals surface area contributed by atoms with Crippen LogP contribution in [0.1, 0.15) is 16.7 Å². The van der Waals surface area contributed by atoms with Crippen LogP contribution in [0.3, 0.4) is 0 Å². The van der Waals surface area contributed by atoms with Gasteiger partial charge >= 0.3 is 6.18 Å². The SMILES string of the molecule is Cc1ccccc1Nc1ncc(C(F)(F)F)c(NCc2cccnc2N(C)S(C)(=O)=O)n1. The van der Waals surface area contributed by atoms with Gasteiger partial charge in [-0.05, 0) is 24.6 Å². The van der Waals surface area contributed by atoms with Gasteiger partial charge in [0.05, 0.1) is 6.26 Å². The third-order valence-electron chi connectivity index (χ3n) is 4.60. The molecule has 0 aliphatic rings. The van der Waals surface area contributed by atoms with Crippen molar-refractivity contribution in [3.05, 3.63) is 65.5 Å². The summed E-state index contributed by atoms with van der Waals surface area (Å²) in [7, 11) is -2.29. The minimum Gasteiger partial charge on any atom is -0.365 e. The lowest BCUT2D eigenvalue weighted by molar-refractivity contribution is -0.137. The van der Waals surface area contributed by atoms with E-state index in [0.29, 0.717) is 17.4 Å². The lowest BCUT2D eigenvalue weighted by Crippen LogP contribution is -2.27. The smallest absolute Gasteiger partial charge is 0.365 e. The first-order valence-electron chi connectivity index (χ1n) is 9.35. The average molecular weight is 466 g/mol. The van der Waals surface area contributed by atoms with Crippen LogP contribution in [0.2, 0.25) is 0 Å². The summed E-state index contributed by atoms with van der Waals surface area (Å²) in [6, 6.07) is 10.3. The number of aromatic nitrogens is 3. The van der Waals surface area contributed by atoms with Gasteiger partial charge in [-0.2, -0.15) is 18.2 Å². The summed E-state index contributed by atoms with van der Waals surface area (Å²) in [4.78, 5) is 11.9. The van der Waals surface area contributed by atoms with E-state index in [9.17, 15) is 21.6 Å². The van der Waals surface area contributed by atoms with E-state index in [1.165, 1.54) is 13.2 Å². The molecule has 0 unspecified atom stereocenters. The molecular weight excluding hydrogens is 445 g/mol. The third kappa shape index (κ3) is 5.44. The highest BCUT2D eigenvalue weighted by molar-refractivity contribution is 7.92. The molecule has 0 aliphatic carbocycles. The van der Waals surface area contributed by atoms with Gasteiger partial charge in [0.15, 0.2) is 0 Å². The second-order valence-electron chi connectivity index (χ2n) is 6.96. The second-order valence-corrected chi connectivity index (χ2v) is 8.98. The maximum Gasteiger partial charge on any atom is 0.421 e. The first-order chi connectivity index (χ1) is 15.0. The predicted octanol–water partition coefficient (Wildman–Crippen LogP) is 3.95. The summed E-state index contributed by atoms with van der Waals surface area (Å²) in [5.41, 5.74) is 0.854. The van der Waals surface area contributed by atoms with Crippen LogP contribution in [0, 0.1) is 6.92 Å². The highest BCUT2D eigenvalue weighted by atomic mass is 32.2. The highest BCUT2D eigenvalue weighted by Gasteiger charge is 2.35. The van der Waals surface area contributed by atoms with Crippen molar-refractivity contribution >= 4 is 33.3 Å². The van der Waals surface area contributed by atoms with E-state index in [4.69, 9.17) is 0 Å². The zero-order valence-electron chi connectivity index (χ0n) is 17.5. The number of halogens is 3. The van der Waals surface area contributed by atoms with Crippen molar-refractivity contribution in [1.29, 1.82) is 0 Å². The number of anilines is 4. The Morgan fingerprint density at radius 1 is 1.09 bits per heavy atom. The maximum atomic E-state index is 13.5. The molecule has 0 fully saturated rings. The molecule has 2 aromatic heterocycles. The summed E-state index contributed by atoms with van der Waals surface area (Å²) < 4.78 is 65.3. The molecule has 1 aromatic carbocycles. The minimum atomic E-state index is -4.69. The zero-order chi connectivity index (χ0) is 23.5. The van der Waals surface area contributed by atoms with Crippen molar-refractivity contribution in [3.8, 4) is 0 Å². The van der Waals surface area contributed by atoms with Crippen molar-refractivity contribution in [2.45, 2.75) is 19.6 Å². The van der Waals surface area contributed by atoms with Crippen LogP contribution in [-0.2, 0) is 22.7 Å².